The summed E-state index contributed by atoms with van der Waals surface area (Å²) in [5.41, 5.74) is 9.90. The molecule has 1 saturated carbocycles. The Kier molecular flexibility index (Phi) is 9.29. The zero-order valence-electron chi connectivity index (χ0n) is 20.2. The summed E-state index contributed by atoms with van der Waals surface area (Å²) in [7, 11) is 0. The predicted octanol–water partition coefficient (Wildman–Crippen LogP) is 4.28. The third-order valence-electron chi connectivity index (χ3n) is 6.31. The van der Waals surface area contributed by atoms with Crippen molar-refractivity contribution in [2.75, 3.05) is 6.61 Å². The van der Waals surface area contributed by atoms with Crippen LogP contribution in [0.4, 0.5) is 0 Å². The van der Waals surface area contributed by atoms with Crippen LogP contribution in [-0.2, 0) is 22.6 Å². The number of hydroxylamine groups is 1. The summed E-state index contributed by atoms with van der Waals surface area (Å²) in [6, 6.07) is 15.2. The highest BCUT2D eigenvalue weighted by Crippen LogP contribution is 2.27. The van der Waals surface area contributed by atoms with E-state index in [-0.39, 0.29) is 12.1 Å². The molecule has 8 nitrogen and oxygen atoms in total. The number of thiophene rings is 1. The molecular weight excluding hydrogens is 478 g/mol. The van der Waals surface area contributed by atoms with Gasteiger partial charge in [-0.2, -0.15) is 0 Å². The molecule has 4 rings (SSSR count). The monoisotopic (exact) mass is 511 g/mol. The van der Waals surface area contributed by atoms with Gasteiger partial charge in [0.15, 0.2) is 0 Å². The lowest BCUT2D eigenvalue weighted by atomic mass is 10.1. The third kappa shape index (κ3) is 7.27. The van der Waals surface area contributed by atoms with Crippen molar-refractivity contribution in [3.05, 3.63) is 64.5 Å². The Balaban J connectivity index is 1.15. The Bertz CT molecular complexity index is 1160. The van der Waals surface area contributed by atoms with Crippen molar-refractivity contribution in [2.24, 2.45) is 5.73 Å². The molecule has 0 bridgehead atoms. The molecule has 1 aliphatic carbocycles. The zero-order chi connectivity index (χ0) is 25.3. The van der Waals surface area contributed by atoms with Crippen LogP contribution in [0.25, 0.3) is 10.1 Å². The van der Waals surface area contributed by atoms with Gasteiger partial charge in [0.25, 0.3) is 5.91 Å². The van der Waals surface area contributed by atoms with Crippen molar-refractivity contribution in [1.82, 2.24) is 10.8 Å². The molecule has 1 amide bonds. The van der Waals surface area contributed by atoms with E-state index in [0.29, 0.717) is 37.4 Å². The van der Waals surface area contributed by atoms with Crippen molar-refractivity contribution in [2.45, 2.75) is 63.8 Å². The average molecular weight is 512 g/mol. The smallest absolute Gasteiger partial charge is 0.323 e. The Morgan fingerprint density at radius 3 is 2.53 bits per heavy atom. The number of hydrogen-bond acceptors (Lipinski definition) is 8. The Morgan fingerprint density at radius 2 is 1.78 bits per heavy atom. The molecule has 1 atom stereocenters. The van der Waals surface area contributed by atoms with Gasteiger partial charge < -0.3 is 20.5 Å². The Labute approximate surface area is 214 Å². The van der Waals surface area contributed by atoms with E-state index in [1.54, 1.807) is 11.5 Å². The van der Waals surface area contributed by atoms with Gasteiger partial charge in [-0.1, -0.05) is 24.3 Å². The van der Waals surface area contributed by atoms with Gasteiger partial charge in [-0.05, 0) is 79.3 Å². The maximum atomic E-state index is 12.1. The minimum atomic E-state index is -0.592. The molecule has 192 valence electrons. The summed E-state index contributed by atoms with van der Waals surface area (Å²) in [4.78, 5) is 24.1. The highest BCUT2D eigenvalue weighted by Gasteiger charge is 2.22. The van der Waals surface area contributed by atoms with Crippen LogP contribution in [0.1, 0.15) is 59.3 Å². The maximum Gasteiger partial charge on any atom is 0.323 e. The number of amides is 1. The van der Waals surface area contributed by atoms with E-state index >= 15 is 0 Å². The lowest BCUT2D eigenvalue weighted by molar-refractivity contribution is -0.150. The Hall–Kier alpha value is -2.98. The SMILES string of the molecule is N[C@H](CCCOc1ccc(CNCc2ccc3cc(C(=O)NO)sc3c2)cc1)C(=O)OC1CCCC1. The maximum absolute atomic E-state index is 12.1. The van der Waals surface area contributed by atoms with E-state index in [0.717, 1.165) is 52.6 Å². The van der Waals surface area contributed by atoms with E-state index in [4.69, 9.17) is 20.4 Å². The summed E-state index contributed by atoms with van der Waals surface area (Å²) < 4.78 is 12.3. The number of hydrogen-bond donors (Lipinski definition) is 4. The van der Waals surface area contributed by atoms with Crippen molar-refractivity contribution >= 4 is 33.3 Å². The molecule has 3 aromatic rings. The number of benzene rings is 2. The average Bonchev–Trinajstić information content (AvgIpc) is 3.56. The van der Waals surface area contributed by atoms with Crippen LogP contribution in [0.3, 0.4) is 0 Å². The van der Waals surface area contributed by atoms with Gasteiger partial charge in [0.05, 0.1) is 11.5 Å². The summed E-state index contributed by atoms with van der Waals surface area (Å²) in [5.74, 6) is -0.00856. The fraction of sp³-hybridized carbons (Fsp3) is 0.407. The molecule has 2 aromatic carbocycles. The fourth-order valence-electron chi connectivity index (χ4n) is 4.28. The highest BCUT2D eigenvalue weighted by atomic mass is 32.1. The van der Waals surface area contributed by atoms with E-state index < -0.39 is 11.9 Å². The van der Waals surface area contributed by atoms with Gasteiger partial charge in [0.1, 0.15) is 17.9 Å². The van der Waals surface area contributed by atoms with Crippen molar-refractivity contribution in [3.8, 4) is 5.75 Å². The van der Waals surface area contributed by atoms with Crippen LogP contribution in [0.15, 0.2) is 48.5 Å². The van der Waals surface area contributed by atoms with Gasteiger partial charge in [0.2, 0.25) is 0 Å². The molecule has 36 heavy (non-hydrogen) atoms. The summed E-state index contributed by atoms with van der Waals surface area (Å²) in [5, 5.41) is 13.2. The van der Waals surface area contributed by atoms with Crippen LogP contribution >= 0.6 is 11.3 Å². The lowest BCUT2D eigenvalue weighted by Crippen LogP contribution is -2.34. The van der Waals surface area contributed by atoms with Gasteiger partial charge in [-0.15, -0.1) is 11.3 Å². The first-order chi connectivity index (χ1) is 17.5. The molecule has 0 spiro atoms. The molecule has 0 aliphatic heterocycles. The zero-order valence-corrected chi connectivity index (χ0v) is 21.0. The largest absolute Gasteiger partial charge is 0.494 e. The number of rotatable bonds is 12. The summed E-state index contributed by atoms with van der Waals surface area (Å²) in [6.07, 6.45) is 5.42. The number of esters is 1. The molecule has 0 radical (unpaired) electrons. The fourth-order valence-corrected chi connectivity index (χ4v) is 5.29. The van der Waals surface area contributed by atoms with Crippen LogP contribution in [0, 0.1) is 0 Å². The quantitative estimate of drug-likeness (QED) is 0.124. The molecule has 0 unspecified atom stereocenters. The minimum Gasteiger partial charge on any atom is -0.494 e. The van der Waals surface area contributed by atoms with Crippen LogP contribution in [0.5, 0.6) is 5.75 Å². The van der Waals surface area contributed by atoms with E-state index in [2.05, 4.69) is 11.4 Å². The van der Waals surface area contributed by atoms with Gasteiger partial charge in [0, 0.05) is 17.8 Å². The van der Waals surface area contributed by atoms with Crippen molar-refractivity contribution < 1.29 is 24.3 Å². The number of carbonyl (C=O) groups is 2. The number of fused-ring (bicyclic) bond motifs is 1. The first kappa shape index (κ1) is 26.1. The molecule has 1 aliphatic rings. The molecule has 9 heteroatoms. The van der Waals surface area contributed by atoms with Crippen LogP contribution < -0.4 is 21.3 Å². The molecular formula is C27H33N3O5S. The molecule has 1 aromatic heterocycles. The number of ether oxygens (including phenoxy) is 2. The second-order valence-electron chi connectivity index (χ2n) is 9.11. The lowest BCUT2D eigenvalue weighted by Gasteiger charge is -2.16. The van der Waals surface area contributed by atoms with Gasteiger partial charge in [-0.25, -0.2) is 5.48 Å². The normalized spacial score (nSPS) is 14.6. The Morgan fingerprint density at radius 1 is 1.06 bits per heavy atom. The molecule has 1 heterocycles. The molecule has 0 saturated heterocycles. The number of carbonyl (C=O) groups excluding carboxylic acids is 2. The summed E-state index contributed by atoms with van der Waals surface area (Å²) in [6.45, 7) is 1.89. The first-order valence-electron chi connectivity index (χ1n) is 12.4. The number of nitrogens with one attached hydrogen (secondary N) is 2. The van der Waals surface area contributed by atoms with E-state index in [1.807, 2.05) is 36.4 Å². The highest BCUT2D eigenvalue weighted by molar-refractivity contribution is 7.20. The van der Waals surface area contributed by atoms with E-state index in [1.165, 1.54) is 11.3 Å². The third-order valence-corrected chi connectivity index (χ3v) is 7.40. The number of nitrogens with two attached hydrogens (primary N) is 1. The van der Waals surface area contributed by atoms with Crippen molar-refractivity contribution in [3.63, 3.8) is 0 Å². The van der Waals surface area contributed by atoms with Gasteiger partial charge in [-0.3, -0.25) is 14.8 Å². The van der Waals surface area contributed by atoms with E-state index in [9.17, 15) is 9.59 Å². The second kappa shape index (κ2) is 12.8. The van der Waals surface area contributed by atoms with Crippen LogP contribution in [-0.4, -0.2) is 35.8 Å². The molecule has 5 N–H and O–H groups in total. The van der Waals surface area contributed by atoms with Crippen LogP contribution in [0.2, 0.25) is 0 Å². The topological polar surface area (TPSA) is 123 Å². The standard InChI is InChI=1S/C27H33N3O5S/c28-23(27(32)35-22-4-1-2-5-22)6-3-13-34-21-11-8-18(9-12-21)16-29-17-19-7-10-20-15-25(26(31)30-33)36-24(20)14-19/h7-12,14-15,22-23,29,33H,1-6,13,16-17,28H2,(H,30,31)/t23-/m1/s1. The van der Waals surface area contributed by atoms with Crippen molar-refractivity contribution in [1.29, 1.82) is 0 Å². The first-order valence-corrected chi connectivity index (χ1v) is 13.2. The molecule has 1 fully saturated rings. The second-order valence-corrected chi connectivity index (χ2v) is 10.2. The predicted molar refractivity (Wildman–Crippen MR) is 139 cm³/mol. The summed E-state index contributed by atoms with van der Waals surface area (Å²) >= 11 is 1.35. The van der Waals surface area contributed by atoms with Gasteiger partial charge >= 0.3 is 5.97 Å². The minimum absolute atomic E-state index is 0.0489.